The Morgan fingerprint density at radius 3 is 2.54 bits per heavy atom. The molecule has 3 aliphatic rings. The number of benzene rings is 1. The fourth-order valence-corrected chi connectivity index (χ4v) is 4.06. The molecular formula is C18H21N3O3. The van der Waals surface area contributed by atoms with Crippen LogP contribution >= 0.6 is 0 Å². The number of nitrogens with zero attached hydrogens (tertiary/aromatic N) is 2. The summed E-state index contributed by atoms with van der Waals surface area (Å²) >= 11 is 0. The summed E-state index contributed by atoms with van der Waals surface area (Å²) in [6.45, 7) is 3.08. The largest absolute Gasteiger partial charge is 0.347 e. The second-order valence-corrected chi connectivity index (χ2v) is 6.97. The average Bonchev–Trinajstić information content (AvgIpc) is 3.20. The Balaban J connectivity index is 1.46. The number of fused-ring (bicyclic) bond motifs is 2. The molecular weight excluding hydrogens is 306 g/mol. The Bertz CT molecular complexity index is 670. The highest BCUT2D eigenvalue weighted by atomic mass is 16.2. The third kappa shape index (κ3) is 2.37. The first kappa shape index (κ1) is 15.2. The van der Waals surface area contributed by atoms with E-state index in [-0.39, 0.29) is 29.8 Å². The maximum Gasteiger partial charge on any atom is 0.251 e. The molecule has 0 unspecified atom stereocenters. The summed E-state index contributed by atoms with van der Waals surface area (Å²) in [5.41, 5.74) is 1.70. The zero-order valence-electron chi connectivity index (χ0n) is 13.7. The van der Waals surface area contributed by atoms with Gasteiger partial charge in [0.1, 0.15) is 12.1 Å². The van der Waals surface area contributed by atoms with Crippen molar-refractivity contribution in [1.82, 2.24) is 15.1 Å². The van der Waals surface area contributed by atoms with Gasteiger partial charge in [-0.05, 0) is 38.3 Å². The van der Waals surface area contributed by atoms with Gasteiger partial charge in [0.15, 0.2) is 0 Å². The van der Waals surface area contributed by atoms with Crippen molar-refractivity contribution in [2.45, 2.75) is 44.3 Å². The zero-order chi connectivity index (χ0) is 16.8. The van der Waals surface area contributed by atoms with E-state index in [9.17, 15) is 14.4 Å². The molecule has 3 saturated heterocycles. The van der Waals surface area contributed by atoms with Gasteiger partial charge in [-0.1, -0.05) is 17.7 Å². The molecule has 3 fully saturated rings. The summed E-state index contributed by atoms with van der Waals surface area (Å²) in [6, 6.07) is 6.52. The van der Waals surface area contributed by atoms with Gasteiger partial charge in [0.2, 0.25) is 11.8 Å². The molecule has 1 aromatic rings. The normalized spacial score (nSPS) is 28.8. The molecule has 0 aliphatic carbocycles. The fraction of sp³-hybridized carbons (Fsp3) is 0.500. The summed E-state index contributed by atoms with van der Waals surface area (Å²) in [5.74, 6) is -0.0615. The molecule has 3 heterocycles. The van der Waals surface area contributed by atoms with Crippen molar-refractivity contribution >= 4 is 17.7 Å². The van der Waals surface area contributed by atoms with E-state index in [4.69, 9.17) is 0 Å². The SMILES string of the molecule is Cc1ccc(C(=O)N[C@H]2C[C@H]3C(=O)N4CCC[C@@H]4C(=O)N3C2)cc1. The molecule has 0 aromatic heterocycles. The summed E-state index contributed by atoms with van der Waals surface area (Å²) in [4.78, 5) is 41.0. The maximum absolute atomic E-state index is 12.6. The van der Waals surface area contributed by atoms with Crippen LogP contribution in [0, 0.1) is 6.92 Å². The Labute approximate surface area is 140 Å². The van der Waals surface area contributed by atoms with Gasteiger partial charge in [0, 0.05) is 24.7 Å². The smallest absolute Gasteiger partial charge is 0.251 e. The lowest BCUT2D eigenvalue weighted by Crippen LogP contribution is -2.60. The minimum Gasteiger partial charge on any atom is -0.347 e. The highest BCUT2D eigenvalue weighted by molar-refractivity contribution is 5.98. The van der Waals surface area contributed by atoms with Gasteiger partial charge >= 0.3 is 0 Å². The van der Waals surface area contributed by atoms with E-state index in [1.54, 1.807) is 21.9 Å². The fourth-order valence-electron chi connectivity index (χ4n) is 4.06. The first-order chi connectivity index (χ1) is 11.5. The predicted octanol–water partition coefficient (Wildman–Crippen LogP) is 0.699. The molecule has 0 saturated carbocycles. The van der Waals surface area contributed by atoms with Gasteiger partial charge in [0.05, 0.1) is 0 Å². The van der Waals surface area contributed by atoms with E-state index in [1.165, 1.54) is 0 Å². The van der Waals surface area contributed by atoms with Crippen LogP contribution in [0.4, 0.5) is 0 Å². The van der Waals surface area contributed by atoms with Gasteiger partial charge in [-0.3, -0.25) is 14.4 Å². The Morgan fingerprint density at radius 1 is 1.08 bits per heavy atom. The first-order valence-corrected chi connectivity index (χ1v) is 8.53. The second-order valence-electron chi connectivity index (χ2n) is 6.97. The quantitative estimate of drug-likeness (QED) is 0.869. The van der Waals surface area contributed by atoms with Gasteiger partial charge in [-0.2, -0.15) is 0 Å². The highest BCUT2D eigenvalue weighted by Gasteiger charge is 2.51. The van der Waals surface area contributed by atoms with Gasteiger partial charge in [-0.15, -0.1) is 0 Å². The first-order valence-electron chi connectivity index (χ1n) is 8.53. The number of carbonyl (C=O) groups excluding carboxylic acids is 3. The van der Waals surface area contributed by atoms with E-state index in [1.807, 2.05) is 19.1 Å². The number of nitrogens with one attached hydrogen (secondary N) is 1. The minimum absolute atomic E-state index is 0.0455. The summed E-state index contributed by atoms with van der Waals surface area (Å²) in [5, 5.41) is 2.97. The van der Waals surface area contributed by atoms with Crippen molar-refractivity contribution in [1.29, 1.82) is 0 Å². The number of amides is 3. The lowest BCUT2D eigenvalue weighted by atomic mass is 10.1. The highest BCUT2D eigenvalue weighted by Crippen LogP contribution is 2.32. The van der Waals surface area contributed by atoms with Crippen LogP contribution in [0.2, 0.25) is 0 Å². The third-order valence-corrected chi connectivity index (χ3v) is 5.34. The molecule has 1 N–H and O–H groups in total. The van der Waals surface area contributed by atoms with Gasteiger partial charge < -0.3 is 15.1 Å². The molecule has 6 nitrogen and oxygen atoms in total. The lowest BCUT2D eigenvalue weighted by molar-refractivity contribution is -0.156. The van der Waals surface area contributed by atoms with E-state index >= 15 is 0 Å². The average molecular weight is 327 g/mol. The number of rotatable bonds is 2. The van der Waals surface area contributed by atoms with E-state index in [2.05, 4.69) is 5.32 Å². The summed E-state index contributed by atoms with van der Waals surface area (Å²) in [7, 11) is 0. The zero-order valence-corrected chi connectivity index (χ0v) is 13.7. The van der Waals surface area contributed by atoms with E-state index in [0.717, 1.165) is 18.4 Å². The molecule has 3 atom stereocenters. The van der Waals surface area contributed by atoms with E-state index in [0.29, 0.717) is 25.1 Å². The van der Waals surface area contributed by atoms with Crippen LogP contribution in [-0.4, -0.2) is 58.7 Å². The van der Waals surface area contributed by atoms with Crippen LogP contribution < -0.4 is 5.32 Å². The van der Waals surface area contributed by atoms with Crippen LogP contribution in [0.15, 0.2) is 24.3 Å². The summed E-state index contributed by atoms with van der Waals surface area (Å²) < 4.78 is 0. The van der Waals surface area contributed by atoms with Crippen molar-refractivity contribution in [3.8, 4) is 0 Å². The molecule has 0 radical (unpaired) electrons. The number of aryl methyl sites for hydroxylation is 1. The van der Waals surface area contributed by atoms with Gasteiger partial charge in [0.25, 0.3) is 5.91 Å². The third-order valence-electron chi connectivity index (χ3n) is 5.34. The molecule has 0 bridgehead atoms. The van der Waals surface area contributed by atoms with E-state index < -0.39 is 6.04 Å². The molecule has 6 heteroatoms. The van der Waals surface area contributed by atoms with Crippen LogP contribution in [-0.2, 0) is 9.59 Å². The minimum atomic E-state index is -0.407. The number of hydrogen-bond acceptors (Lipinski definition) is 3. The topological polar surface area (TPSA) is 69.7 Å². The standard InChI is InChI=1S/C18H21N3O3/c1-11-4-6-12(7-5-11)16(22)19-13-9-15-18(24)20-8-2-3-14(20)17(23)21(15)10-13/h4-7,13-15H,2-3,8-10H2,1H3,(H,19,22)/t13-,14+,15-/m0/s1. The maximum atomic E-state index is 12.6. The van der Waals surface area contributed by atoms with Gasteiger partial charge in [-0.25, -0.2) is 0 Å². The summed E-state index contributed by atoms with van der Waals surface area (Å²) in [6.07, 6.45) is 2.16. The second kappa shape index (κ2) is 5.61. The van der Waals surface area contributed by atoms with Crippen LogP contribution in [0.1, 0.15) is 35.2 Å². The Hall–Kier alpha value is -2.37. The van der Waals surface area contributed by atoms with Crippen LogP contribution in [0.3, 0.4) is 0 Å². The predicted molar refractivity (Wildman–Crippen MR) is 87.3 cm³/mol. The molecule has 126 valence electrons. The molecule has 3 amide bonds. The van der Waals surface area contributed by atoms with Crippen molar-refractivity contribution < 1.29 is 14.4 Å². The monoisotopic (exact) mass is 327 g/mol. The molecule has 3 aliphatic heterocycles. The molecule has 1 aromatic carbocycles. The van der Waals surface area contributed by atoms with Crippen LogP contribution in [0.5, 0.6) is 0 Å². The van der Waals surface area contributed by atoms with Crippen molar-refractivity contribution in [2.75, 3.05) is 13.1 Å². The molecule has 4 rings (SSSR count). The number of hydrogen-bond donors (Lipinski definition) is 1. The van der Waals surface area contributed by atoms with Crippen molar-refractivity contribution in [3.05, 3.63) is 35.4 Å². The molecule has 24 heavy (non-hydrogen) atoms. The Kier molecular flexibility index (Phi) is 3.55. The van der Waals surface area contributed by atoms with Crippen LogP contribution in [0.25, 0.3) is 0 Å². The van der Waals surface area contributed by atoms with Crippen molar-refractivity contribution in [2.24, 2.45) is 0 Å². The molecule has 0 spiro atoms. The number of carbonyl (C=O) groups is 3. The Morgan fingerprint density at radius 2 is 1.79 bits per heavy atom. The number of piperazine rings is 1. The van der Waals surface area contributed by atoms with Crippen molar-refractivity contribution in [3.63, 3.8) is 0 Å². The lowest BCUT2D eigenvalue weighted by Gasteiger charge is -2.38.